The summed E-state index contributed by atoms with van der Waals surface area (Å²) in [6.07, 6.45) is 0. The van der Waals surface area contributed by atoms with Gasteiger partial charge in [-0.1, -0.05) is 31.5 Å². The van der Waals surface area contributed by atoms with E-state index >= 15 is 0 Å². The lowest BCUT2D eigenvalue weighted by atomic mass is 10.2. The number of aryl methyl sites for hydroxylation is 1. The van der Waals surface area contributed by atoms with E-state index in [4.69, 9.17) is 23.8 Å². The molecule has 130 valence electrons. The molecule has 1 aromatic heterocycles. The number of nitrogens with one attached hydrogen (secondary N) is 2. The molecule has 0 unspecified atom stereocenters. The van der Waals surface area contributed by atoms with Gasteiger partial charge < -0.3 is 10.6 Å². The molecule has 0 aliphatic rings. The first kappa shape index (κ1) is 18.7. The molecule has 0 aliphatic heterocycles. The molecule has 1 heterocycles. The Balaban J connectivity index is 2.15. The van der Waals surface area contributed by atoms with Crippen LogP contribution in [0.2, 0.25) is 5.02 Å². The predicted octanol–water partition coefficient (Wildman–Crippen LogP) is 4.28. The van der Waals surface area contributed by atoms with Gasteiger partial charge in [0.1, 0.15) is 5.82 Å². The lowest BCUT2D eigenvalue weighted by molar-refractivity contribution is 0.622. The number of benzene rings is 1. The minimum atomic E-state index is -0.346. The van der Waals surface area contributed by atoms with Gasteiger partial charge in [0.15, 0.2) is 5.11 Å². The topological polar surface area (TPSA) is 41.9 Å². The third-order valence-corrected chi connectivity index (χ3v) is 4.22. The van der Waals surface area contributed by atoms with Gasteiger partial charge in [-0.25, -0.2) is 4.39 Å². The number of thiocarbonyl (C=S) groups is 1. The Labute approximate surface area is 152 Å². The predicted molar refractivity (Wildman–Crippen MR) is 101 cm³/mol. The van der Waals surface area contributed by atoms with Crippen molar-refractivity contribution in [2.75, 3.05) is 11.9 Å². The molecule has 0 amide bonds. The van der Waals surface area contributed by atoms with Gasteiger partial charge in [0.05, 0.1) is 23.6 Å². The molecule has 0 saturated carbocycles. The van der Waals surface area contributed by atoms with E-state index in [-0.39, 0.29) is 5.82 Å². The summed E-state index contributed by atoms with van der Waals surface area (Å²) in [6.45, 7) is 9.41. The Kier molecular flexibility index (Phi) is 6.18. The molecule has 4 nitrogen and oxygen atoms in total. The van der Waals surface area contributed by atoms with Crippen molar-refractivity contribution in [3.05, 3.63) is 46.0 Å². The van der Waals surface area contributed by atoms with E-state index in [9.17, 15) is 4.39 Å². The van der Waals surface area contributed by atoms with E-state index in [0.717, 1.165) is 29.2 Å². The fourth-order valence-corrected chi connectivity index (χ4v) is 2.71. The van der Waals surface area contributed by atoms with Crippen LogP contribution in [0.4, 0.5) is 10.1 Å². The molecule has 2 N–H and O–H groups in total. The maximum atomic E-state index is 13.2. The van der Waals surface area contributed by atoms with Gasteiger partial charge in [0, 0.05) is 11.6 Å². The largest absolute Gasteiger partial charge is 0.362 e. The van der Waals surface area contributed by atoms with Gasteiger partial charge in [-0.15, -0.1) is 0 Å². The van der Waals surface area contributed by atoms with Crippen molar-refractivity contribution in [1.82, 2.24) is 15.1 Å². The van der Waals surface area contributed by atoms with E-state index in [2.05, 4.69) is 29.6 Å². The van der Waals surface area contributed by atoms with Crippen LogP contribution in [0.5, 0.6) is 0 Å². The van der Waals surface area contributed by atoms with Gasteiger partial charge in [-0.3, -0.25) is 4.68 Å². The minimum absolute atomic E-state index is 0.346. The summed E-state index contributed by atoms with van der Waals surface area (Å²) < 4.78 is 15.0. The summed E-state index contributed by atoms with van der Waals surface area (Å²) in [4.78, 5) is 0. The highest BCUT2D eigenvalue weighted by atomic mass is 35.5. The van der Waals surface area contributed by atoms with E-state index in [1.54, 1.807) is 6.07 Å². The van der Waals surface area contributed by atoms with Crippen LogP contribution in [-0.2, 0) is 6.54 Å². The Morgan fingerprint density at radius 3 is 2.71 bits per heavy atom. The van der Waals surface area contributed by atoms with Crippen molar-refractivity contribution in [3.63, 3.8) is 0 Å². The number of nitrogens with zero attached hydrogens (tertiary/aromatic N) is 2. The molecule has 7 heteroatoms. The van der Waals surface area contributed by atoms with E-state index < -0.39 is 0 Å². The molecule has 2 rings (SSSR count). The lowest BCUT2D eigenvalue weighted by Crippen LogP contribution is -2.31. The van der Waals surface area contributed by atoms with Gasteiger partial charge in [-0.2, -0.15) is 5.10 Å². The van der Waals surface area contributed by atoms with Crippen LogP contribution < -0.4 is 10.6 Å². The van der Waals surface area contributed by atoms with Crippen LogP contribution >= 0.6 is 23.8 Å². The second-order valence-electron chi connectivity index (χ2n) is 6.17. The molecule has 0 bridgehead atoms. The normalized spacial score (nSPS) is 11.0. The first-order valence-electron chi connectivity index (χ1n) is 7.80. The summed E-state index contributed by atoms with van der Waals surface area (Å²) in [5.41, 5.74) is 3.49. The first-order chi connectivity index (χ1) is 11.3. The highest BCUT2D eigenvalue weighted by Crippen LogP contribution is 2.23. The summed E-state index contributed by atoms with van der Waals surface area (Å²) in [6, 6.07) is 4.39. The SMILES string of the molecule is Cc1nn(Cc2ccc(F)cc2Cl)c(C)c1NC(=S)NCC(C)C. The average molecular weight is 369 g/mol. The zero-order chi connectivity index (χ0) is 17.9. The lowest BCUT2D eigenvalue weighted by Gasteiger charge is -2.13. The molecule has 0 spiro atoms. The molecule has 1 aromatic carbocycles. The third-order valence-electron chi connectivity index (χ3n) is 3.63. The fraction of sp³-hybridized carbons (Fsp3) is 0.412. The van der Waals surface area contributed by atoms with Crippen LogP contribution in [0.15, 0.2) is 18.2 Å². The number of rotatable bonds is 5. The molecule has 0 saturated heterocycles. The van der Waals surface area contributed by atoms with Gasteiger partial charge in [-0.05, 0) is 49.7 Å². The molecular formula is C17H22ClFN4S. The van der Waals surface area contributed by atoms with Crippen LogP contribution in [0.3, 0.4) is 0 Å². The molecule has 0 radical (unpaired) electrons. The second-order valence-corrected chi connectivity index (χ2v) is 6.98. The van der Waals surface area contributed by atoms with Crippen LogP contribution in [0.25, 0.3) is 0 Å². The van der Waals surface area contributed by atoms with Crippen molar-refractivity contribution in [2.24, 2.45) is 5.92 Å². The summed E-state index contributed by atoms with van der Waals surface area (Å²) in [5.74, 6) is 0.163. The number of anilines is 1. The number of aromatic nitrogens is 2. The highest BCUT2D eigenvalue weighted by Gasteiger charge is 2.14. The number of halogens is 2. The molecule has 0 atom stereocenters. The third kappa shape index (κ3) is 4.68. The molecule has 2 aromatic rings. The molecular weight excluding hydrogens is 347 g/mol. The Hall–Kier alpha value is -1.66. The van der Waals surface area contributed by atoms with E-state index in [1.165, 1.54) is 12.1 Å². The van der Waals surface area contributed by atoms with Crippen molar-refractivity contribution >= 4 is 34.6 Å². The monoisotopic (exact) mass is 368 g/mol. The van der Waals surface area contributed by atoms with Crippen molar-refractivity contribution in [2.45, 2.75) is 34.2 Å². The van der Waals surface area contributed by atoms with Gasteiger partial charge >= 0.3 is 0 Å². The van der Waals surface area contributed by atoms with Crippen molar-refractivity contribution in [1.29, 1.82) is 0 Å². The minimum Gasteiger partial charge on any atom is -0.362 e. The fourth-order valence-electron chi connectivity index (χ4n) is 2.30. The van der Waals surface area contributed by atoms with E-state index in [0.29, 0.717) is 22.6 Å². The summed E-state index contributed by atoms with van der Waals surface area (Å²) in [5, 5.41) is 11.9. The summed E-state index contributed by atoms with van der Waals surface area (Å²) in [7, 11) is 0. The first-order valence-corrected chi connectivity index (χ1v) is 8.59. The molecule has 0 fully saturated rings. The zero-order valence-electron chi connectivity index (χ0n) is 14.3. The van der Waals surface area contributed by atoms with E-state index in [1.807, 2.05) is 18.5 Å². The second kappa shape index (κ2) is 7.94. The summed E-state index contributed by atoms with van der Waals surface area (Å²) >= 11 is 11.4. The van der Waals surface area contributed by atoms with Gasteiger partial charge in [0.2, 0.25) is 0 Å². The Morgan fingerprint density at radius 2 is 2.08 bits per heavy atom. The maximum absolute atomic E-state index is 13.2. The number of hydrogen-bond donors (Lipinski definition) is 2. The van der Waals surface area contributed by atoms with Crippen molar-refractivity contribution < 1.29 is 4.39 Å². The Bertz CT molecular complexity index is 742. The van der Waals surface area contributed by atoms with Gasteiger partial charge in [0.25, 0.3) is 0 Å². The molecule has 24 heavy (non-hydrogen) atoms. The van der Waals surface area contributed by atoms with Crippen molar-refractivity contribution in [3.8, 4) is 0 Å². The number of hydrogen-bond acceptors (Lipinski definition) is 2. The van der Waals surface area contributed by atoms with Crippen LogP contribution in [0.1, 0.15) is 30.8 Å². The standard InChI is InChI=1S/C17H22ClFN4S/c1-10(2)8-20-17(24)21-16-11(3)22-23(12(16)4)9-13-5-6-14(19)7-15(13)18/h5-7,10H,8-9H2,1-4H3,(H2,20,21,24). The highest BCUT2D eigenvalue weighted by molar-refractivity contribution is 7.80. The van der Waals surface area contributed by atoms with Crippen LogP contribution in [-0.4, -0.2) is 21.4 Å². The zero-order valence-corrected chi connectivity index (χ0v) is 15.9. The maximum Gasteiger partial charge on any atom is 0.170 e. The molecule has 0 aliphatic carbocycles. The smallest absolute Gasteiger partial charge is 0.170 e. The Morgan fingerprint density at radius 1 is 1.38 bits per heavy atom. The average Bonchev–Trinajstić information content (AvgIpc) is 2.75. The quantitative estimate of drug-likeness (QED) is 0.773. The van der Waals surface area contributed by atoms with Crippen LogP contribution in [0, 0.1) is 25.6 Å².